The first kappa shape index (κ1) is 10.1. The fourth-order valence-corrected chi connectivity index (χ4v) is 1.47. The van der Waals surface area contributed by atoms with Crippen LogP contribution in [0.3, 0.4) is 0 Å². The maximum Gasteiger partial charge on any atom is 0.0893 e. The molecular weight excluding hydrogens is 192 g/mol. The van der Waals surface area contributed by atoms with E-state index in [1.54, 1.807) is 29.3 Å². The molecule has 0 aromatic carbocycles. The molecule has 0 saturated carbocycles. The summed E-state index contributed by atoms with van der Waals surface area (Å²) < 4.78 is 7.04. The number of rotatable bonds is 4. The Bertz CT molecular complexity index is 440. The monoisotopic (exact) mass is 206 g/mol. The van der Waals surface area contributed by atoms with E-state index in [1.807, 2.05) is 6.92 Å². The molecule has 0 aliphatic heterocycles. The van der Waals surface area contributed by atoms with Crippen molar-refractivity contribution in [2.45, 2.75) is 13.0 Å². The van der Waals surface area contributed by atoms with Crippen LogP contribution in [0.25, 0.3) is 5.52 Å². The summed E-state index contributed by atoms with van der Waals surface area (Å²) in [5.74, 6) is 0. The lowest BCUT2D eigenvalue weighted by Crippen LogP contribution is -2.16. The van der Waals surface area contributed by atoms with E-state index in [1.165, 1.54) is 0 Å². The number of aromatic nitrogens is 3. The maximum atomic E-state index is 5.99. The first-order chi connectivity index (χ1) is 7.33. The van der Waals surface area contributed by atoms with E-state index < -0.39 is 0 Å². The highest BCUT2D eigenvalue weighted by Gasteiger charge is 2.11. The van der Waals surface area contributed by atoms with Gasteiger partial charge in [-0.1, -0.05) is 0 Å². The third kappa shape index (κ3) is 1.98. The van der Waals surface area contributed by atoms with Crippen LogP contribution in [0, 0.1) is 0 Å². The molecule has 80 valence electrons. The molecule has 0 saturated heterocycles. The zero-order chi connectivity index (χ0) is 10.7. The molecule has 1 atom stereocenters. The van der Waals surface area contributed by atoms with Crippen LogP contribution in [0.2, 0.25) is 0 Å². The molecule has 5 nitrogen and oxygen atoms in total. The van der Waals surface area contributed by atoms with Crippen LogP contribution in [-0.4, -0.2) is 27.8 Å². The van der Waals surface area contributed by atoms with Crippen molar-refractivity contribution >= 4 is 5.52 Å². The van der Waals surface area contributed by atoms with Gasteiger partial charge in [0.05, 0.1) is 30.6 Å². The van der Waals surface area contributed by atoms with Crippen LogP contribution in [0.1, 0.15) is 18.5 Å². The van der Waals surface area contributed by atoms with Crippen molar-refractivity contribution in [2.75, 3.05) is 13.2 Å². The molecule has 0 aliphatic rings. The Morgan fingerprint density at radius 3 is 3.20 bits per heavy atom. The van der Waals surface area contributed by atoms with Crippen LogP contribution in [-0.2, 0) is 4.74 Å². The van der Waals surface area contributed by atoms with E-state index in [0.717, 1.165) is 11.1 Å². The minimum Gasteiger partial charge on any atom is -0.380 e. The van der Waals surface area contributed by atoms with Gasteiger partial charge in [0, 0.05) is 24.6 Å². The molecule has 0 amide bonds. The predicted octanol–water partition coefficient (Wildman–Crippen LogP) is 0.766. The van der Waals surface area contributed by atoms with Crippen molar-refractivity contribution in [3.8, 4) is 0 Å². The molecule has 0 bridgehead atoms. The van der Waals surface area contributed by atoms with E-state index in [-0.39, 0.29) is 6.04 Å². The molecule has 2 aromatic rings. The van der Waals surface area contributed by atoms with Crippen LogP contribution in [0.15, 0.2) is 24.8 Å². The minimum atomic E-state index is -0.147. The average molecular weight is 206 g/mol. The van der Waals surface area contributed by atoms with Crippen LogP contribution < -0.4 is 5.73 Å². The van der Waals surface area contributed by atoms with E-state index >= 15 is 0 Å². The number of ether oxygens (including phenoxy) is 1. The molecule has 0 spiro atoms. The summed E-state index contributed by atoms with van der Waals surface area (Å²) in [6.45, 7) is 3.13. The minimum absolute atomic E-state index is 0.147. The maximum absolute atomic E-state index is 5.99. The van der Waals surface area contributed by atoms with Crippen molar-refractivity contribution < 1.29 is 4.74 Å². The predicted molar refractivity (Wildman–Crippen MR) is 56.4 cm³/mol. The lowest BCUT2D eigenvalue weighted by atomic mass is 10.1. The van der Waals surface area contributed by atoms with Gasteiger partial charge in [-0.2, -0.15) is 5.10 Å². The normalized spacial score (nSPS) is 13.2. The Morgan fingerprint density at radius 2 is 2.40 bits per heavy atom. The third-order valence-electron chi connectivity index (χ3n) is 2.26. The second kappa shape index (κ2) is 4.37. The average Bonchev–Trinajstić information content (AvgIpc) is 2.69. The summed E-state index contributed by atoms with van der Waals surface area (Å²) >= 11 is 0. The fourth-order valence-electron chi connectivity index (χ4n) is 1.47. The van der Waals surface area contributed by atoms with Crippen LogP contribution >= 0.6 is 0 Å². The summed E-state index contributed by atoms with van der Waals surface area (Å²) in [5, 5.41) is 4.19. The second-order valence-electron chi connectivity index (χ2n) is 3.27. The van der Waals surface area contributed by atoms with E-state index in [4.69, 9.17) is 10.5 Å². The van der Waals surface area contributed by atoms with Crippen molar-refractivity contribution in [1.29, 1.82) is 0 Å². The van der Waals surface area contributed by atoms with Gasteiger partial charge >= 0.3 is 0 Å². The molecule has 2 aromatic heterocycles. The van der Waals surface area contributed by atoms with E-state index in [9.17, 15) is 0 Å². The van der Waals surface area contributed by atoms with Gasteiger partial charge < -0.3 is 10.5 Å². The molecule has 15 heavy (non-hydrogen) atoms. The summed E-state index contributed by atoms with van der Waals surface area (Å²) in [7, 11) is 0. The van der Waals surface area contributed by atoms with Gasteiger partial charge in [-0.25, -0.2) is 4.52 Å². The first-order valence-electron chi connectivity index (χ1n) is 4.93. The number of nitrogens with zero attached hydrogens (tertiary/aromatic N) is 3. The molecule has 2 N–H and O–H groups in total. The van der Waals surface area contributed by atoms with Crippen molar-refractivity contribution in [2.24, 2.45) is 5.73 Å². The molecule has 0 fully saturated rings. The number of hydrogen-bond donors (Lipinski definition) is 1. The van der Waals surface area contributed by atoms with Gasteiger partial charge in [0.1, 0.15) is 0 Å². The Kier molecular flexibility index (Phi) is 2.94. The zero-order valence-electron chi connectivity index (χ0n) is 8.63. The van der Waals surface area contributed by atoms with Crippen molar-refractivity contribution in [3.05, 3.63) is 30.4 Å². The first-order valence-corrected chi connectivity index (χ1v) is 4.93. The van der Waals surface area contributed by atoms with Gasteiger partial charge in [0.15, 0.2) is 0 Å². The topological polar surface area (TPSA) is 65.4 Å². The number of hydrogen-bond acceptors (Lipinski definition) is 4. The number of nitrogens with two attached hydrogens (primary N) is 1. The summed E-state index contributed by atoms with van der Waals surface area (Å²) in [6, 6.07) is -0.147. The quantitative estimate of drug-likeness (QED) is 0.802. The third-order valence-corrected chi connectivity index (χ3v) is 2.26. The van der Waals surface area contributed by atoms with Crippen LogP contribution in [0.5, 0.6) is 0 Å². The van der Waals surface area contributed by atoms with E-state index in [0.29, 0.717) is 13.2 Å². The second-order valence-corrected chi connectivity index (χ2v) is 3.27. The van der Waals surface area contributed by atoms with Gasteiger partial charge in [-0.3, -0.25) is 4.98 Å². The highest BCUT2D eigenvalue weighted by Crippen LogP contribution is 2.16. The SMILES string of the molecule is CCOCC(N)c1cnn2ccncc12. The van der Waals surface area contributed by atoms with Gasteiger partial charge in [0.25, 0.3) is 0 Å². The summed E-state index contributed by atoms with van der Waals surface area (Å²) in [6.07, 6.45) is 7.01. The lowest BCUT2D eigenvalue weighted by Gasteiger charge is -2.09. The van der Waals surface area contributed by atoms with Crippen LogP contribution in [0.4, 0.5) is 0 Å². The molecular formula is C10H14N4O. The van der Waals surface area contributed by atoms with Gasteiger partial charge in [0.2, 0.25) is 0 Å². The largest absolute Gasteiger partial charge is 0.380 e. The molecule has 0 aliphatic carbocycles. The summed E-state index contributed by atoms with van der Waals surface area (Å²) in [5.41, 5.74) is 7.89. The highest BCUT2D eigenvalue weighted by molar-refractivity contribution is 5.53. The Balaban J connectivity index is 2.27. The zero-order valence-corrected chi connectivity index (χ0v) is 8.63. The Morgan fingerprint density at radius 1 is 1.53 bits per heavy atom. The molecule has 2 rings (SSSR count). The van der Waals surface area contributed by atoms with Crippen molar-refractivity contribution in [1.82, 2.24) is 14.6 Å². The number of fused-ring (bicyclic) bond motifs is 1. The smallest absolute Gasteiger partial charge is 0.0893 e. The molecule has 0 radical (unpaired) electrons. The van der Waals surface area contributed by atoms with Crippen molar-refractivity contribution in [3.63, 3.8) is 0 Å². The fraction of sp³-hybridized carbons (Fsp3) is 0.400. The molecule has 5 heteroatoms. The van der Waals surface area contributed by atoms with E-state index in [2.05, 4.69) is 10.1 Å². The Hall–Kier alpha value is -1.46. The molecule has 2 heterocycles. The highest BCUT2D eigenvalue weighted by atomic mass is 16.5. The summed E-state index contributed by atoms with van der Waals surface area (Å²) in [4.78, 5) is 4.05. The Labute approximate surface area is 87.9 Å². The van der Waals surface area contributed by atoms with Gasteiger partial charge in [-0.15, -0.1) is 0 Å². The standard InChI is InChI=1S/C10H14N4O/c1-2-15-7-9(11)8-5-13-14-4-3-12-6-10(8)14/h3-6,9H,2,7,11H2,1H3. The van der Waals surface area contributed by atoms with Gasteiger partial charge in [-0.05, 0) is 6.92 Å². The lowest BCUT2D eigenvalue weighted by molar-refractivity contribution is 0.134. The molecule has 1 unspecified atom stereocenters.